The Bertz CT molecular complexity index is 567. The zero-order valence-corrected chi connectivity index (χ0v) is 15.2. The highest BCUT2D eigenvalue weighted by molar-refractivity contribution is 5.85. The average Bonchev–Trinajstić information content (AvgIpc) is 3.01. The first-order valence-electron chi connectivity index (χ1n) is 8.56. The van der Waals surface area contributed by atoms with Gasteiger partial charge in [-0.1, -0.05) is 17.7 Å². The summed E-state index contributed by atoms with van der Waals surface area (Å²) in [5, 5.41) is 6.66. The number of hydrogen-bond acceptors (Lipinski definition) is 3. The fourth-order valence-corrected chi connectivity index (χ4v) is 2.67. The number of benzene rings is 1. The number of likely N-dealkylation sites (N-methyl/N-ethyl adjacent to an activating group) is 1. The zero-order chi connectivity index (χ0) is 17.5. The van der Waals surface area contributed by atoms with Crippen molar-refractivity contribution in [2.75, 3.05) is 45.2 Å². The van der Waals surface area contributed by atoms with Crippen LogP contribution in [0.4, 0.5) is 5.69 Å². The summed E-state index contributed by atoms with van der Waals surface area (Å²) in [5.41, 5.74) is 2.54. The van der Waals surface area contributed by atoms with Crippen LogP contribution in [0, 0.1) is 6.92 Å². The van der Waals surface area contributed by atoms with E-state index in [-0.39, 0.29) is 12.5 Å². The summed E-state index contributed by atoms with van der Waals surface area (Å²) < 4.78 is 0. The number of nitrogens with one attached hydrogen (secondary N) is 2. The lowest BCUT2D eigenvalue weighted by Gasteiger charge is -2.20. The van der Waals surface area contributed by atoms with Gasteiger partial charge in [-0.3, -0.25) is 4.79 Å². The fraction of sp³-hybridized carbons (Fsp3) is 0.556. The van der Waals surface area contributed by atoms with Crippen LogP contribution in [0.1, 0.15) is 18.9 Å². The van der Waals surface area contributed by atoms with Gasteiger partial charge in [0.2, 0.25) is 5.91 Å². The summed E-state index contributed by atoms with van der Waals surface area (Å²) in [6.45, 7) is 7.03. The molecule has 0 radical (unpaired) electrons. The van der Waals surface area contributed by atoms with E-state index in [0.717, 1.165) is 26.1 Å². The molecule has 2 N–H and O–H groups in total. The van der Waals surface area contributed by atoms with Gasteiger partial charge >= 0.3 is 0 Å². The summed E-state index contributed by atoms with van der Waals surface area (Å²) in [4.78, 5) is 20.0. The van der Waals surface area contributed by atoms with E-state index in [4.69, 9.17) is 0 Å². The number of aliphatic imine (C=N–C) groups is 1. The molecule has 132 valence electrons. The minimum absolute atomic E-state index is 0.0000862. The minimum atomic E-state index is -0.0000862. The lowest BCUT2D eigenvalue weighted by molar-refractivity contribution is -0.127. The van der Waals surface area contributed by atoms with Crippen LogP contribution < -0.4 is 15.5 Å². The van der Waals surface area contributed by atoms with Crippen molar-refractivity contribution in [3.05, 3.63) is 29.8 Å². The molecule has 2 rings (SSSR count). The minimum Gasteiger partial charge on any atom is -0.369 e. The standard InChI is InChI=1S/C18H29N5O/c1-5-19-18(20-12-17(24)22(3)4)21-15-10-11-23(13-15)16-8-6-14(2)7-9-16/h6-9,15H,5,10-13H2,1-4H3,(H2,19,20,21). The van der Waals surface area contributed by atoms with Crippen LogP contribution in [-0.4, -0.2) is 63.1 Å². The molecular formula is C18H29N5O. The number of aryl methyl sites for hydroxylation is 1. The Balaban J connectivity index is 1.92. The molecule has 0 saturated carbocycles. The largest absolute Gasteiger partial charge is 0.369 e. The molecule has 1 saturated heterocycles. The van der Waals surface area contributed by atoms with Crippen molar-refractivity contribution in [1.82, 2.24) is 15.5 Å². The molecule has 1 heterocycles. The van der Waals surface area contributed by atoms with E-state index >= 15 is 0 Å². The maximum atomic E-state index is 11.7. The van der Waals surface area contributed by atoms with Crippen LogP contribution in [0.15, 0.2) is 29.3 Å². The summed E-state index contributed by atoms with van der Waals surface area (Å²) in [7, 11) is 3.49. The molecule has 1 aliphatic heterocycles. The van der Waals surface area contributed by atoms with Gasteiger partial charge in [-0.05, 0) is 32.4 Å². The SMILES string of the molecule is CCNC(=NCC(=O)N(C)C)NC1CCN(c2ccc(C)cc2)C1. The van der Waals surface area contributed by atoms with Gasteiger partial charge in [-0.15, -0.1) is 0 Å². The van der Waals surface area contributed by atoms with Crippen LogP contribution in [0.2, 0.25) is 0 Å². The molecule has 1 aromatic carbocycles. The molecular weight excluding hydrogens is 302 g/mol. The van der Waals surface area contributed by atoms with Gasteiger partial charge in [0.25, 0.3) is 0 Å². The maximum absolute atomic E-state index is 11.7. The molecule has 6 nitrogen and oxygen atoms in total. The number of hydrogen-bond donors (Lipinski definition) is 2. The van der Waals surface area contributed by atoms with Crippen LogP contribution in [0.3, 0.4) is 0 Å². The van der Waals surface area contributed by atoms with E-state index in [1.54, 1.807) is 19.0 Å². The van der Waals surface area contributed by atoms with Crippen molar-refractivity contribution in [2.45, 2.75) is 26.3 Å². The normalized spacial score (nSPS) is 17.8. The third kappa shape index (κ3) is 5.15. The Labute approximate surface area is 144 Å². The highest BCUT2D eigenvalue weighted by Gasteiger charge is 2.23. The fourth-order valence-electron chi connectivity index (χ4n) is 2.67. The second kappa shape index (κ2) is 8.57. The first kappa shape index (κ1) is 18.1. The Hall–Kier alpha value is -2.24. The van der Waals surface area contributed by atoms with E-state index in [1.807, 2.05) is 6.92 Å². The average molecular weight is 331 g/mol. The molecule has 1 atom stereocenters. The first-order valence-corrected chi connectivity index (χ1v) is 8.56. The van der Waals surface area contributed by atoms with Crippen molar-refractivity contribution >= 4 is 17.6 Å². The van der Waals surface area contributed by atoms with Gasteiger partial charge in [0, 0.05) is 45.5 Å². The molecule has 1 fully saturated rings. The van der Waals surface area contributed by atoms with E-state index in [0.29, 0.717) is 12.0 Å². The van der Waals surface area contributed by atoms with Gasteiger partial charge in [0.15, 0.2) is 5.96 Å². The van der Waals surface area contributed by atoms with Crippen molar-refractivity contribution in [3.8, 4) is 0 Å². The van der Waals surface area contributed by atoms with Gasteiger partial charge in [0.05, 0.1) is 0 Å². The smallest absolute Gasteiger partial charge is 0.243 e. The van der Waals surface area contributed by atoms with E-state index in [2.05, 4.69) is 51.7 Å². The molecule has 6 heteroatoms. The van der Waals surface area contributed by atoms with Crippen LogP contribution in [0.5, 0.6) is 0 Å². The highest BCUT2D eigenvalue weighted by Crippen LogP contribution is 2.20. The predicted molar refractivity (Wildman–Crippen MR) is 99.6 cm³/mol. The van der Waals surface area contributed by atoms with Crippen molar-refractivity contribution in [1.29, 1.82) is 0 Å². The number of rotatable bonds is 5. The number of guanidine groups is 1. The van der Waals surface area contributed by atoms with E-state index < -0.39 is 0 Å². The van der Waals surface area contributed by atoms with E-state index in [1.165, 1.54) is 11.3 Å². The van der Waals surface area contributed by atoms with Gasteiger partial charge in [0.1, 0.15) is 6.54 Å². The van der Waals surface area contributed by atoms with Crippen molar-refractivity contribution < 1.29 is 4.79 Å². The summed E-state index contributed by atoms with van der Waals surface area (Å²) in [5.74, 6) is 0.711. The van der Waals surface area contributed by atoms with Crippen LogP contribution >= 0.6 is 0 Å². The second-order valence-electron chi connectivity index (χ2n) is 6.39. The molecule has 0 aliphatic carbocycles. The van der Waals surface area contributed by atoms with Gasteiger partial charge in [-0.2, -0.15) is 0 Å². The predicted octanol–water partition coefficient (Wildman–Crippen LogP) is 1.22. The highest BCUT2D eigenvalue weighted by atomic mass is 16.2. The summed E-state index contributed by atoms with van der Waals surface area (Å²) >= 11 is 0. The van der Waals surface area contributed by atoms with Gasteiger partial charge in [-0.25, -0.2) is 4.99 Å². The molecule has 1 aliphatic rings. The Morgan fingerprint density at radius 3 is 2.67 bits per heavy atom. The Kier molecular flexibility index (Phi) is 6.46. The molecule has 0 spiro atoms. The topological polar surface area (TPSA) is 60.0 Å². The lowest BCUT2D eigenvalue weighted by Crippen LogP contribution is -2.45. The number of amides is 1. The lowest BCUT2D eigenvalue weighted by atomic mass is 10.2. The molecule has 1 unspecified atom stereocenters. The number of carbonyl (C=O) groups excluding carboxylic acids is 1. The second-order valence-corrected chi connectivity index (χ2v) is 6.39. The molecule has 1 aromatic rings. The summed E-state index contributed by atoms with van der Waals surface area (Å²) in [6, 6.07) is 8.97. The van der Waals surface area contributed by atoms with E-state index in [9.17, 15) is 4.79 Å². The Morgan fingerprint density at radius 2 is 2.04 bits per heavy atom. The Morgan fingerprint density at radius 1 is 1.33 bits per heavy atom. The first-order chi connectivity index (χ1) is 11.5. The van der Waals surface area contributed by atoms with Crippen LogP contribution in [-0.2, 0) is 4.79 Å². The molecule has 0 bridgehead atoms. The van der Waals surface area contributed by atoms with Crippen molar-refractivity contribution in [3.63, 3.8) is 0 Å². The van der Waals surface area contributed by atoms with Crippen molar-refractivity contribution in [2.24, 2.45) is 4.99 Å². The maximum Gasteiger partial charge on any atom is 0.243 e. The number of carbonyl (C=O) groups is 1. The molecule has 24 heavy (non-hydrogen) atoms. The van der Waals surface area contributed by atoms with Gasteiger partial charge < -0.3 is 20.4 Å². The third-order valence-electron chi connectivity index (χ3n) is 4.14. The third-order valence-corrected chi connectivity index (χ3v) is 4.14. The monoisotopic (exact) mass is 331 g/mol. The summed E-state index contributed by atoms with van der Waals surface area (Å²) in [6.07, 6.45) is 1.06. The quantitative estimate of drug-likeness (QED) is 0.629. The number of anilines is 1. The molecule has 1 amide bonds. The number of nitrogens with zero attached hydrogens (tertiary/aromatic N) is 3. The zero-order valence-electron chi connectivity index (χ0n) is 15.2. The van der Waals surface area contributed by atoms with Crippen LogP contribution in [0.25, 0.3) is 0 Å². The molecule has 0 aromatic heterocycles.